The minimum absolute atomic E-state index is 0.0794. The van der Waals surface area contributed by atoms with E-state index in [0.29, 0.717) is 19.0 Å². The predicted molar refractivity (Wildman–Crippen MR) is 106 cm³/mol. The first-order chi connectivity index (χ1) is 12.2. The van der Waals surface area contributed by atoms with Crippen molar-refractivity contribution in [2.75, 3.05) is 32.7 Å². The van der Waals surface area contributed by atoms with Gasteiger partial charge in [-0.2, -0.15) is 0 Å². The van der Waals surface area contributed by atoms with Crippen molar-refractivity contribution in [1.82, 2.24) is 15.1 Å². The first-order valence-electron chi connectivity index (χ1n) is 9.59. The number of carbonyl (C=O) groups is 2. The predicted octanol–water partition coefficient (Wildman–Crippen LogP) is 2.59. The van der Waals surface area contributed by atoms with Crippen molar-refractivity contribution in [1.29, 1.82) is 0 Å². The Hall–Kier alpha value is -1.88. The van der Waals surface area contributed by atoms with E-state index in [2.05, 4.69) is 30.1 Å². The summed E-state index contributed by atoms with van der Waals surface area (Å²) >= 11 is 0. The lowest BCUT2D eigenvalue weighted by Gasteiger charge is -2.37. The number of hydrogen-bond acceptors (Lipinski definition) is 3. The molecule has 1 fully saturated rings. The lowest BCUT2D eigenvalue weighted by Crippen LogP contribution is -2.51. The summed E-state index contributed by atoms with van der Waals surface area (Å²) in [4.78, 5) is 29.3. The van der Waals surface area contributed by atoms with Gasteiger partial charge >= 0.3 is 0 Å². The normalized spacial score (nSPS) is 15.4. The molecule has 0 atom stereocenters. The number of nitrogens with one attached hydrogen (secondary N) is 1. The molecule has 0 radical (unpaired) electrons. The Bertz CT molecular complexity index is 648. The van der Waals surface area contributed by atoms with E-state index in [1.807, 2.05) is 32.6 Å². The van der Waals surface area contributed by atoms with Crippen molar-refractivity contribution in [2.45, 2.75) is 54.0 Å². The second kappa shape index (κ2) is 8.67. The number of benzene rings is 1. The Morgan fingerprint density at radius 2 is 1.54 bits per heavy atom. The molecule has 2 amide bonds. The molecule has 0 aliphatic carbocycles. The summed E-state index contributed by atoms with van der Waals surface area (Å²) in [7, 11) is 0. The number of aryl methyl sites for hydroxylation is 2. The number of rotatable bonds is 5. The van der Waals surface area contributed by atoms with Crippen LogP contribution in [0.2, 0.25) is 0 Å². The molecule has 0 spiro atoms. The summed E-state index contributed by atoms with van der Waals surface area (Å²) in [5.74, 6) is 0.0480. The van der Waals surface area contributed by atoms with Gasteiger partial charge in [-0.05, 0) is 63.8 Å². The monoisotopic (exact) mass is 359 g/mol. The highest BCUT2D eigenvalue weighted by Gasteiger charge is 2.22. The minimum Gasteiger partial charge on any atom is -0.352 e. The van der Waals surface area contributed by atoms with E-state index >= 15 is 0 Å². The first-order valence-corrected chi connectivity index (χ1v) is 9.59. The standard InChI is InChI=1S/C21H33N3O2/c1-14(2)23-9-11-24(12-10-23)19(25)7-8-22-21(26)20-17(5)15(3)13-16(4)18(20)6/h13-14H,7-12H2,1-6H3,(H,22,26). The molecule has 1 aliphatic rings. The molecule has 0 saturated carbocycles. The molecule has 1 aromatic rings. The molecular formula is C21H33N3O2. The van der Waals surface area contributed by atoms with Gasteiger partial charge in [-0.15, -0.1) is 0 Å². The number of carbonyl (C=O) groups excluding carboxylic acids is 2. The number of piperazine rings is 1. The van der Waals surface area contributed by atoms with Crippen molar-refractivity contribution in [3.8, 4) is 0 Å². The molecular weight excluding hydrogens is 326 g/mol. The number of hydrogen-bond donors (Lipinski definition) is 1. The number of amides is 2. The van der Waals surface area contributed by atoms with E-state index < -0.39 is 0 Å². The van der Waals surface area contributed by atoms with Gasteiger partial charge in [0.1, 0.15) is 0 Å². The highest BCUT2D eigenvalue weighted by Crippen LogP contribution is 2.21. The minimum atomic E-state index is -0.0794. The molecule has 0 bridgehead atoms. The van der Waals surface area contributed by atoms with Crippen molar-refractivity contribution < 1.29 is 9.59 Å². The van der Waals surface area contributed by atoms with Gasteiger partial charge in [0.2, 0.25) is 5.91 Å². The van der Waals surface area contributed by atoms with Crippen molar-refractivity contribution >= 4 is 11.8 Å². The largest absolute Gasteiger partial charge is 0.352 e. The smallest absolute Gasteiger partial charge is 0.251 e. The summed E-state index contributed by atoms with van der Waals surface area (Å²) in [5, 5.41) is 2.94. The highest BCUT2D eigenvalue weighted by atomic mass is 16.2. The third-order valence-corrected chi connectivity index (χ3v) is 5.61. The van der Waals surface area contributed by atoms with Crippen LogP contribution >= 0.6 is 0 Å². The molecule has 5 heteroatoms. The average molecular weight is 360 g/mol. The molecule has 1 N–H and O–H groups in total. The Morgan fingerprint density at radius 1 is 1.00 bits per heavy atom. The molecule has 144 valence electrons. The van der Waals surface area contributed by atoms with E-state index in [4.69, 9.17) is 0 Å². The maximum Gasteiger partial charge on any atom is 0.251 e. The summed E-state index contributed by atoms with van der Waals surface area (Å²) in [6, 6.07) is 2.64. The van der Waals surface area contributed by atoms with Gasteiger partial charge in [-0.25, -0.2) is 0 Å². The lowest BCUT2D eigenvalue weighted by molar-refractivity contribution is -0.133. The third-order valence-electron chi connectivity index (χ3n) is 5.61. The zero-order chi connectivity index (χ0) is 19.4. The molecule has 1 aromatic carbocycles. The second-order valence-corrected chi connectivity index (χ2v) is 7.65. The first kappa shape index (κ1) is 20.4. The average Bonchev–Trinajstić information content (AvgIpc) is 2.60. The van der Waals surface area contributed by atoms with Crippen LogP contribution < -0.4 is 5.32 Å². The van der Waals surface area contributed by atoms with Crippen molar-refractivity contribution in [3.63, 3.8) is 0 Å². The van der Waals surface area contributed by atoms with Gasteiger partial charge in [-0.1, -0.05) is 6.07 Å². The summed E-state index contributed by atoms with van der Waals surface area (Å²) in [5.41, 5.74) is 5.03. The fourth-order valence-corrected chi connectivity index (χ4v) is 3.57. The lowest BCUT2D eigenvalue weighted by atomic mass is 9.94. The Labute approximate surface area is 157 Å². The van der Waals surface area contributed by atoms with E-state index in [-0.39, 0.29) is 11.8 Å². The molecule has 1 saturated heterocycles. The Kier molecular flexibility index (Phi) is 6.81. The van der Waals surface area contributed by atoms with Crippen LogP contribution in [0.5, 0.6) is 0 Å². The summed E-state index contributed by atoms with van der Waals surface area (Å²) in [6.07, 6.45) is 0.357. The zero-order valence-corrected chi connectivity index (χ0v) is 17.1. The van der Waals surface area contributed by atoms with Gasteiger partial charge < -0.3 is 10.2 Å². The molecule has 2 rings (SSSR count). The fraction of sp³-hybridized carbons (Fsp3) is 0.619. The summed E-state index contributed by atoms with van der Waals surface area (Å²) in [6.45, 7) is 16.2. The van der Waals surface area contributed by atoms with Gasteiger partial charge in [0.15, 0.2) is 0 Å². The second-order valence-electron chi connectivity index (χ2n) is 7.65. The Balaban J connectivity index is 1.87. The van der Waals surface area contributed by atoms with E-state index in [1.165, 1.54) is 0 Å². The van der Waals surface area contributed by atoms with Crippen LogP contribution in [0.25, 0.3) is 0 Å². The molecule has 0 unspecified atom stereocenters. The van der Waals surface area contributed by atoms with Crippen molar-refractivity contribution in [3.05, 3.63) is 33.9 Å². The molecule has 1 aliphatic heterocycles. The van der Waals surface area contributed by atoms with E-state index in [9.17, 15) is 9.59 Å². The van der Waals surface area contributed by atoms with Crippen molar-refractivity contribution in [2.24, 2.45) is 0 Å². The van der Waals surface area contributed by atoms with Crippen LogP contribution in [0, 0.1) is 27.7 Å². The molecule has 1 heterocycles. The van der Waals surface area contributed by atoms with Crippen LogP contribution in [0.15, 0.2) is 6.07 Å². The van der Waals surface area contributed by atoms with Crippen LogP contribution in [-0.2, 0) is 4.79 Å². The van der Waals surface area contributed by atoms with Gasteiger partial charge in [0.05, 0.1) is 0 Å². The SMILES string of the molecule is Cc1cc(C)c(C)c(C(=O)NCCC(=O)N2CCN(C(C)C)CC2)c1C. The zero-order valence-electron chi connectivity index (χ0n) is 17.1. The van der Waals surface area contributed by atoms with Crippen LogP contribution in [0.1, 0.15) is 52.9 Å². The third kappa shape index (κ3) is 4.64. The quantitative estimate of drug-likeness (QED) is 0.879. The van der Waals surface area contributed by atoms with Crippen LogP contribution in [0.3, 0.4) is 0 Å². The summed E-state index contributed by atoms with van der Waals surface area (Å²) < 4.78 is 0. The number of nitrogens with zero attached hydrogens (tertiary/aromatic N) is 2. The van der Waals surface area contributed by atoms with Crippen LogP contribution in [-0.4, -0.2) is 60.4 Å². The fourth-order valence-electron chi connectivity index (χ4n) is 3.57. The van der Waals surface area contributed by atoms with Gasteiger partial charge in [0, 0.05) is 50.7 Å². The van der Waals surface area contributed by atoms with Gasteiger partial charge in [0.25, 0.3) is 5.91 Å². The Morgan fingerprint density at radius 3 is 2.04 bits per heavy atom. The highest BCUT2D eigenvalue weighted by molar-refractivity contribution is 5.98. The molecule has 0 aromatic heterocycles. The maximum absolute atomic E-state index is 12.6. The van der Waals surface area contributed by atoms with Crippen LogP contribution in [0.4, 0.5) is 0 Å². The molecule has 5 nitrogen and oxygen atoms in total. The maximum atomic E-state index is 12.6. The molecule has 26 heavy (non-hydrogen) atoms. The van der Waals surface area contributed by atoms with E-state index in [1.54, 1.807) is 0 Å². The topological polar surface area (TPSA) is 52.7 Å². The van der Waals surface area contributed by atoms with E-state index in [0.717, 1.165) is 54.0 Å². The van der Waals surface area contributed by atoms with Gasteiger partial charge in [-0.3, -0.25) is 14.5 Å².